The highest BCUT2D eigenvalue weighted by Crippen LogP contribution is 2.36. The van der Waals surface area contributed by atoms with Gasteiger partial charge in [0.15, 0.2) is 5.25 Å². The number of hydrogen-bond donors (Lipinski definition) is 0. The number of hydrogen-bond acceptors (Lipinski definition) is 4. The van der Waals surface area contributed by atoms with Crippen molar-refractivity contribution in [2.45, 2.75) is 30.3 Å². The molecule has 0 saturated carbocycles. The molecule has 2 rings (SSSR count). The third kappa shape index (κ3) is 2.61. The van der Waals surface area contributed by atoms with Crippen molar-refractivity contribution < 1.29 is 31.1 Å². The summed E-state index contributed by atoms with van der Waals surface area (Å²) < 4.78 is 73.8. The molecule has 2 saturated heterocycles. The van der Waals surface area contributed by atoms with Gasteiger partial charge in [-0.1, -0.05) is 0 Å². The summed E-state index contributed by atoms with van der Waals surface area (Å²) in [6, 6.07) is 0. The quantitative estimate of drug-likeness (QED) is 0.756. The van der Waals surface area contributed by atoms with Crippen molar-refractivity contribution in [3.05, 3.63) is 0 Å². The third-order valence-corrected chi connectivity index (χ3v) is 5.98. The van der Waals surface area contributed by atoms with Gasteiger partial charge in [-0.3, -0.25) is 0 Å². The van der Waals surface area contributed by atoms with Crippen LogP contribution < -0.4 is 0 Å². The van der Waals surface area contributed by atoms with E-state index in [4.69, 9.17) is 9.47 Å². The van der Waals surface area contributed by atoms with E-state index in [2.05, 4.69) is 0 Å². The van der Waals surface area contributed by atoms with Gasteiger partial charge < -0.3 is 9.47 Å². The number of ether oxygens (including phenoxy) is 2. The topological polar surface area (TPSA) is 55.8 Å². The van der Waals surface area contributed by atoms with Crippen LogP contribution in [0.3, 0.4) is 0 Å². The first-order chi connectivity index (χ1) is 8.70. The van der Waals surface area contributed by atoms with E-state index in [0.29, 0.717) is 20.0 Å². The number of rotatable bonds is 2. The lowest BCUT2D eigenvalue weighted by molar-refractivity contribution is -0.129. The number of morpholine rings is 1. The number of sulfonamides is 1. The van der Waals surface area contributed by atoms with Gasteiger partial charge in [0.2, 0.25) is 10.0 Å². The minimum atomic E-state index is -4.78. The molecule has 112 valence electrons. The predicted molar refractivity (Wildman–Crippen MR) is 60.1 cm³/mol. The molecule has 0 amide bonds. The average Bonchev–Trinajstić information content (AvgIpc) is 2.76. The van der Waals surface area contributed by atoms with Crippen molar-refractivity contribution in [3.8, 4) is 0 Å². The first-order valence-corrected chi connectivity index (χ1v) is 7.44. The Hall–Kier alpha value is -0.380. The number of halogens is 3. The van der Waals surface area contributed by atoms with E-state index in [1.165, 1.54) is 0 Å². The Balaban J connectivity index is 2.32. The fourth-order valence-electron chi connectivity index (χ4n) is 2.38. The van der Waals surface area contributed by atoms with Crippen molar-refractivity contribution in [3.63, 3.8) is 0 Å². The molecule has 2 aliphatic rings. The Kier molecular flexibility index (Phi) is 3.85. The Morgan fingerprint density at radius 3 is 2.26 bits per heavy atom. The van der Waals surface area contributed by atoms with Crippen LogP contribution in [0.15, 0.2) is 0 Å². The fraction of sp³-hybridized carbons (Fsp3) is 1.00. The number of nitrogens with zero attached hydrogens (tertiary/aromatic N) is 1. The summed E-state index contributed by atoms with van der Waals surface area (Å²) in [5, 5.41) is -2.42. The van der Waals surface area contributed by atoms with Crippen molar-refractivity contribution in [1.82, 2.24) is 4.31 Å². The van der Waals surface area contributed by atoms with Crippen molar-refractivity contribution >= 4 is 10.0 Å². The second kappa shape index (κ2) is 4.87. The van der Waals surface area contributed by atoms with Gasteiger partial charge in [-0.05, 0) is 13.3 Å². The second-order valence-electron chi connectivity index (χ2n) is 4.88. The molecule has 0 aliphatic carbocycles. The van der Waals surface area contributed by atoms with Crippen LogP contribution in [-0.2, 0) is 19.5 Å². The molecule has 5 nitrogen and oxygen atoms in total. The van der Waals surface area contributed by atoms with Gasteiger partial charge in [-0.15, -0.1) is 0 Å². The van der Waals surface area contributed by atoms with E-state index >= 15 is 0 Å². The smallest absolute Gasteiger partial charge is 0.379 e. The number of alkyl halides is 3. The minimum absolute atomic E-state index is 0.0634. The second-order valence-corrected chi connectivity index (χ2v) is 7.06. The Bertz CT molecular complexity index is 431. The molecular formula is C10H16F3NO4S. The van der Waals surface area contributed by atoms with Gasteiger partial charge in [0.1, 0.15) is 0 Å². The van der Waals surface area contributed by atoms with Gasteiger partial charge in [-0.2, -0.15) is 17.5 Å². The molecule has 0 aromatic heterocycles. The fourth-order valence-corrected chi connectivity index (χ4v) is 4.17. The van der Waals surface area contributed by atoms with Crippen LogP contribution in [0.25, 0.3) is 0 Å². The lowest BCUT2D eigenvalue weighted by atomic mass is 9.99. The molecule has 2 fully saturated rings. The molecule has 2 aliphatic heterocycles. The molecule has 19 heavy (non-hydrogen) atoms. The summed E-state index contributed by atoms with van der Waals surface area (Å²) in [5.41, 5.74) is -0.976. The van der Waals surface area contributed by atoms with E-state index < -0.39 is 27.0 Å². The highest BCUT2D eigenvalue weighted by molar-refractivity contribution is 7.89. The van der Waals surface area contributed by atoms with Crippen LogP contribution in [0.1, 0.15) is 13.3 Å². The van der Waals surface area contributed by atoms with Crippen LogP contribution in [0.4, 0.5) is 13.2 Å². The molecule has 1 spiro atoms. The Labute approximate surface area is 109 Å². The van der Waals surface area contributed by atoms with Crippen LogP contribution in [0, 0.1) is 0 Å². The maximum absolute atomic E-state index is 12.7. The zero-order chi connectivity index (χ0) is 14.3. The van der Waals surface area contributed by atoms with Crippen molar-refractivity contribution in [2.24, 2.45) is 0 Å². The van der Waals surface area contributed by atoms with Crippen LogP contribution >= 0.6 is 0 Å². The monoisotopic (exact) mass is 303 g/mol. The first kappa shape index (κ1) is 15.0. The third-order valence-electron chi connectivity index (χ3n) is 3.64. The lowest BCUT2D eigenvalue weighted by Crippen LogP contribution is -2.62. The molecule has 2 atom stereocenters. The van der Waals surface area contributed by atoms with Crippen LogP contribution in [-0.4, -0.2) is 62.7 Å². The molecule has 0 N–H and O–H groups in total. The largest absolute Gasteiger partial charge is 0.406 e. The lowest BCUT2D eigenvalue weighted by Gasteiger charge is -2.43. The molecule has 0 unspecified atom stereocenters. The summed E-state index contributed by atoms with van der Waals surface area (Å²) >= 11 is 0. The Morgan fingerprint density at radius 1 is 1.21 bits per heavy atom. The minimum Gasteiger partial charge on any atom is -0.379 e. The normalized spacial score (nSPS) is 31.8. The van der Waals surface area contributed by atoms with Gasteiger partial charge in [0.25, 0.3) is 0 Å². The van der Waals surface area contributed by atoms with Crippen molar-refractivity contribution in [1.29, 1.82) is 0 Å². The maximum Gasteiger partial charge on any atom is 0.406 e. The Morgan fingerprint density at radius 2 is 1.79 bits per heavy atom. The van der Waals surface area contributed by atoms with Crippen LogP contribution in [0.5, 0.6) is 0 Å². The molecule has 0 aromatic rings. The SMILES string of the molecule is C[C@H](C(F)(F)F)S(=O)(=O)N1CCOC[C@@]12CCOC2. The molecule has 0 aromatic carbocycles. The van der Waals surface area contributed by atoms with Gasteiger partial charge in [0.05, 0.1) is 25.4 Å². The summed E-state index contributed by atoms with van der Waals surface area (Å²) in [6.07, 6.45) is -4.42. The van der Waals surface area contributed by atoms with E-state index in [9.17, 15) is 21.6 Å². The molecule has 0 bridgehead atoms. The van der Waals surface area contributed by atoms with Gasteiger partial charge in [0, 0.05) is 13.2 Å². The van der Waals surface area contributed by atoms with Gasteiger partial charge >= 0.3 is 6.18 Å². The summed E-state index contributed by atoms with van der Waals surface area (Å²) in [7, 11) is -4.46. The predicted octanol–water partition coefficient (Wildman–Crippen LogP) is 0.758. The average molecular weight is 303 g/mol. The van der Waals surface area contributed by atoms with Crippen LogP contribution in [0.2, 0.25) is 0 Å². The van der Waals surface area contributed by atoms with E-state index in [-0.39, 0.29) is 26.4 Å². The van der Waals surface area contributed by atoms with Gasteiger partial charge in [-0.25, -0.2) is 8.42 Å². The zero-order valence-electron chi connectivity index (χ0n) is 10.4. The first-order valence-electron chi connectivity index (χ1n) is 5.94. The van der Waals surface area contributed by atoms with Crippen molar-refractivity contribution in [2.75, 3.05) is 33.0 Å². The molecule has 9 heteroatoms. The molecule has 0 radical (unpaired) electrons. The van der Waals surface area contributed by atoms with E-state index in [1.54, 1.807) is 0 Å². The zero-order valence-corrected chi connectivity index (χ0v) is 11.3. The summed E-state index contributed by atoms with van der Waals surface area (Å²) in [4.78, 5) is 0. The maximum atomic E-state index is 12.7. The summed E-state index contributed by atoms with van der Waals surface area (Å²) in [6.45, 7) is 1.20. The summed E-state index contributed by atoms with van der Waals surface area (Å²) in [5.74, 6) is 0. The van der Waals surface area contributed by atoms with E-state index in [1.807, 2.05) is 0 Å². The molecular weight excluding hydrogens is 287 g/mol. The van der Waals surface area contributed by atoms with E-state index in [0.717, 1.165) is 4.31 Å². The highest BCUT2D eigenvalue weighted by atomic mass is 32.2. The highest BCUT2D eigenvalue weighted by Gasteiger charge is 2.55. The molecule has 2 heterocycles. The standard InChI is InChI=1S/C10H16F3NO4S/c1-8(10(11,12)13)19(15,16)14-3-5-18-7-9(14)2-4-17-6-9/h8H,2-7H2,1H3/t8-,9+/m1/s1.